The van der Waals surface area contributed by atoms with Gasteiger partial charge in [-0.2, -0.15) is 0 Å². The lowest BCUT2D eigenvalue weighted by Gasteiger charge is -2.28. The lowest BCUT2D eigenvalue weighted by molar-refractivity contribution is 0.419. The smallest absolute Gasteiger partial charge is 0.0366 e. The third-order valence-electron chi connectivity index (χ3n) is 2.89. The van der Waals surface area contributed by atoms with Crippen LogP contribution in [0.2, 0.25) is 0 Å². The number of rotatable bonds is 4. The van der Waals surface area contributed by atoms with E-state index < -0.39 is 0 Å². The van der Waals surface area contributed by atoms with Crippen molar-refractivity contribution in [1.82, 2.24) is 0 Å². The second-order valence-electron chi connectivity index (χ2n) is 6.07. The number of benzene rings is 1. The molecule has 0 unspecified atom stereocenters. The van der Waals surface area contributed by atoms with Crippen LogP contribution in [0.1, 0.15) is 31.9 Å². The van der Waals surface area contributed by atoms with E-state index in [4.69, 9.17) is 5.73 Å². The molecule has 0 saturated carbocycles. The summed E-state index contributed by atoms with van der Waals surface area (Å²) in [6.45, 7) is 10.7. The van der Waals surface area contributed by atoms with Crippen molar-refractivity contribution >= 4 is 5.69 Å². The Balaban J connectivity index is 2.82. The molecule has 0 aromatic heterocycles. The van der Waals surface area contributed by atoms with Crippen LogP contribution in [-0.4, -0.2) is 20.1 Å². The molecule has 0 spiro atoms. The molecule has 96 valence electrons. The fourth-order valence-electron chi connectivity index (χ4n) is 2.16. The van der Waals surface area contributed by atoms with E-state index in [2.05, 4.69) is 57.8 Å². The molecule has 2 N–H and O–H groups in total. The van der Waals surface area contributed by atoms with Gasteiger partial charge in [-0.25, -0.2) is 0 Å². The third kappa shape index (κ3) is 4.39. The summed E-state index contributed by atoms with van der Waals surface area (Å²) < 4.78 is 0. The van der Waals surface area contributed by atoms with Crippen molar-refractivity contribution in [2.75, 3.05) is 25.0 Å². The summed E-state index contributed by atoms with van der Waals surface area (Å²) in [6.07, 6.45) is 0.967. The SMILES string of the molecule is Cc1cc(N(C)CC(C)(C)C)ccc1CCN. The van der Waals surface area contributed by atoms with Crippen LogP contribution in [0.3, 0.4) is 0 Å². The molecule has 1 aromatic rings. The van der Waals surface area contributed by atoms with Crippen molar-refractivity contribution in [3.8, 4) is 0 Å². The fraction of sp³-hybridized carbons (Fsp3) is 0.600. The van der Waals surface area contributed by atoms with Crippen LogP contribution in [0, 0.1) is 12.3 Å². The molecule has 0 aliphatic heterocycles. The zero-order valence-electron chi connectivity index (χ0n) is 11.9. The largest absolute Gasteiger partial charge is 0.374 e. The molecule has 0 aliphatic rings. The van der Waals surface area contributed by atoms with Crippen molar-refractivity contribution in [2.24, 2.45) is 11.1 Å². The van der Waals surface area contributed by atoms with Gasteiger partial charge in [-0.1, -0.05) is 26.8 Å². The van der Waals surface area contributed by atoms with Gasteiger partial charge in [-0.05, 0) is 48.6 Å². The number of nitrogens with zero attached hydrogens (tertiary/aromatic N) is 1. The van der Waals surface area contributed by atoms with Crippen molar-refractivity contribution < 1.29 is 0 Å². The lowest BCUT2D eigenvalue weighted by atomic mass is 9.95. The van der Waals surface area contributed by atoms with Crippen LogP contribution in [0.25, 0.3) is 0 Å². The van der Waals surface area contributed by atoms with Crippen LogP contribution < -0.4 is 10.6 Å². The Morgan fingerprint density at radius 3 is 2.35 bits per heavy atom. The van der Waals surface area contributed by atoms with Gasteiger partial charge in [0.05, 0.1) is 0 Å². The average molecular weight is 234 g/mol. The zero-order valence-corrected chi connectivity index (χ0v) is 11.9. The van der Waals surface area contributed by atoms with Gasteiger partial charge in [0.15, 0.2) is 0 Å². The third-order valence-corrected chi connectivity index (χ3v) is 2.89. The maximum Gasteiger partial charge on any atom is 0.0366 e. The molecular formula is C15H26N2. The number of hydrogen-bond donors (Lipinski definition) is 1. The Morgan fingerprint density at radius 2 is 1.88 bits per heavy atom. The number of hydrogen-bond acceptors (Lipinski definition) is 2. The van der Waals surface area contributed by atoms with Crippen LogP contribution in [0.5, 0.6) is 0 Å². The highest BCUT2D eigenvalue weighted by Gasteiger charge is 2.14. The van der Waals surface area contributed by atoms with Crippen molar-refractivity contribution in [3.63, 3.8) is 0 Å². The molecule has 0 saturated heterocycles. The van der Waals surface area contributed by atoms with E-state index in [1.165, 1.54) is 16.8 Å². The van der Waals surface area contributed by atoms with Crippen molar-refractivity contribution in [3.05, 3.63) is 29.3 Å². The van der Waals surface area contributed by atoms with Crippen LogP contribution in [0.4, 0.5) is 5.69 Å². The fourth-order valence-corrected chi connectivity index (χ4v) is 2.16. The van der Waals surface area contributed by atoms with Gasteiger partial charge in [0, 0.05) is 19.3 Å². The van der Waals surface area contributed by atoms with Gasteiger partial charge in [0.2, 0.25) is 0 Å². The maximum atomic E-state index is 5.60. The first-order valence-electron chi connectivity index (χ1n) is 6.34. The van der Waals surface area contributed by atoms with Crippen LogP contribution in [-0.2, 0) is 6.42 Å². The van der Waals surface area contributed by atoms with Gasteiger partial charge in [0.25, 0.3) is 0 Å². The summed E-state index contributed by atoms with van der Waals surface area (Å²) in [5, 5.41) is 0. The molecule has 17 heavy (non-hydrogen) atoms. The van der Waals surface area contributed by atoms with E-state index in [0.29, 0.717) is 5.41 Å². The topological polar surface area (TPSA) is 29.3 Å². The predicted molar refractivity (Wildman–Crippen MR) is 76.7 cm³/mol. The highest BCUT2D eigenvalue weighted by atomic mass is 15.1. The van der Waals surface area contributed by atoms with Gasteiger partial charge in [-0.15, -0.1) is 0 Å². The molecule has 0 aliphatic carbocycles. The summed E-state index contributed by atoms with van der Waals surface area (Å²) in [6, 6.07) is 6.66. The Morgan fingerprint density at radius 1 is 1.24 bits per heavy atom. The van der Waals surface area contributed by atoms with Gasteiger partial charge in [-0.3, -0.25) is 0 Å². The molecule has 0 fully saturated rings. The molecule has 1 rings (SSSR count). The molecule has 0 bridgehead atoms. The van der Waals surface area contributed by atoms with Crippen LogP contribution >= 0.6 is 0 Å². The van der Waals surface area contributed by atoms with E-state index in [9.17, 15) is 0 Å². The number of anilines is 1. The molecule has 0 amide bonds. The molecule has 1 aromatic carbocycles. The summed E-state index contributed by atoms with van der Waals surface area (Å²) in [5.74, 6) is 0. The first-order valence-corrected chi connectivity index (χ1v) is 6.34. The van der Waals surface area contributed by atoms with Crippen molar-refractivity contribution in [1.29, 1.82) is 0 Å². The van der Waals surface area contributed by atoms with E-state index in [-0.39, 0.29) is 0 Å². The quantitative estimate of drug-likeness (QED) is 0.868. The molecule has 2 nitrogen and oxygen atoms in total. The van der Waals surface area contributed by atoms with Crippen LogP contribution in [0.15, 0.2) is 18.2 Å². The lowest BCUT2D eigenvalue weighted by Crippen LogP contribution is -2.29. The minimum absolute atomic E-state index is 0.318. The standard InChI is InChI=1S/C15H26N2/c1-12-10-14(7-6-13(12)8-9-16)17(5)11-15(2,3)4/h6-7,10H,8-9,11,16H2,1-5H3. The monoisotopic (exact) mass is 234 g/mol. The Hall–Kier alpha value is -1.02. The summed E-state index contributed by atoms with van der Waals surface area (Å²) in [7, 11) is 2.16. The van der Waals surface area contributed by atoms with E-state index >= 15 is 0 Å². The Bertz CT molecular complexity index is 364. The minimum atomic E-state index is 0.318. The normalized spacial score (nSPS) is 11.6. The highest BCUT2D eigenvalue weighted by Crippen LogP contribution is 2.22. The second kappa shape index (κ2) is 5.54. The zero-order chi connectivity index (χ0) is 13.1. The molecule has 0 atom stereocenters. The summed E-state index contributed by atoms with van der Waals surface area (Å²) in [5.41, 5.74) is 9.91. The minimum Gasteiger partial charge on any atom is -0.374 e. The summed E-state index contributed by atoms with van der Waals surface area (Å²) in [4.78, 5) is 2.32. The van der Waals surface area contributed by atoms with E-state index in [0.717, 1.165) is 19.5 Å². The Labute approximate surface area is 106 Å². The Kier molecular flexibility index (Phi) is 4.58. The molecular weight excluding hydrogens is 208 g/mol. The van der Waals surface area contributed by atoms with Gasteiger partial charge in [0.1, 0.15) is 0 Å². The first-order chi connectivity index (χ1) is 7.83. The number of aryl methyl sites for hydroxylation is 1. The first kappa shape index (κ1) is 14.0. The highest BCUT2D eigenvalue weighted by molar-refractivity contribution is 5.50. The van der Waals surface area contributed by atoms with Gasteiger partial charge >= 0.3 is 0 Å². The van der Waals surface area contributed by atoms with E-state index in [1.54, 1.807) is 0 Å². The maximum absolute atomic E-state index is 5.60. The predicted octanol–water partition coefficient (Wildman–Crippen LogP) is 2.98. The molecule has 0 radical (unpaired) electrons. The van der Waals surface area contributed by atoms with Gasteiger partial charge < -0.3 is 10.6 Å². The number of nitrogens with two attached hydrogens (primary N) is 1. The molecule has 2 heteroatoms. The van der Waals surface area contributed by atoms with Crippen molar-refractivity contribution in [2.45, 2.75) is 34.1 Å². The summed E-state index contributed by atoms with van der Waals surface area (Å²) >= 11 is 0. The average Bonchev–Trinajstić information content (AvgIpc) is 2.18. The molecule has 0 heterocycles. The second-order valence-corrected chi connectivity index (χ2v) is 6.07. The van der Waals surface area contributed by atoms with E-state index in [1.807, 2.05) is 0 Å².